The van der Waals surface area contributed by atoms with Gasteiger partial charge in [-0.15, -0.1) is 11.6 Å². The van der Waals surface area contributed by atoms with Gasteiger partial charge < -0.3 is 5.32 Å². The van der Waals surface area contributed by atoms with Crippen LogP contribution >= 0.6 is 22.9 Å². The highest BCUT2D eigenvalue weighted by Gasteiger charge is 2.34. The van der Waals surface area contributed by atoms with Crippen molar-refractivity contribution in [1.82, 2.24) is 5.32 Å². The zero-order valence-corrected chi connectivity index (χ0v) is 10.7. The molecule has 2 rings (SSSR count). The first-order valence-corrected chi connectivity index (χ1v) is 7.10. The predicted molar refractivity (Wildman–Crippen MR) is 68.1 cm³/mol. The first-order valence-electron chi connectivity index (χ1n) is 5.62. The van der Waals surface area contributed by atoms with Crippen LogP contribution in [-0.4, -0.2) is 17.3 Å². The molecule has 0 aliphatic heterocycles. The number of amides is 1. The molecule has 0 atom stereocenters. The minimum Gasteiger partial charge on any atom is -0.349 e. The molecule has 0 aromatic carbocycles. The molecule has 1 aromatic heterocycles. The van der Waals surface area contributed by atoms with Crippen LogP contribution in [0.4, 0.5) is 0 Å². The van der Waals surface area contributed by atoms with E-state index in [0.29, 0.717) is 12.3 Å². The molecule has 1 aliphatic carbocycles. The Balaban J connectivity index is 1.91. The van der Waals surface area contributed by atoms with Crippen LogP contribution in [0, 0.1) is 0 Å². The Morgan fingerprint density at radius 2 is 2.25 bits per heavy atom. The maximum atomic E-state index is 11.9. The summed E-state index contributed by atoms with van der Waals surface area (Å²) in [6.45, 7) is 0. The van der Waals surface area contributed by atoms with Crippen molar-refractivity contribution in [2.45, 2.75) is 37.6 Å². The fourth-order valence-electron chi connectivity index (χ4n) is 2.26. The number of rotatable bonds is 4. The van der Waals surface area contributed by atoms with E-state index in [-0.39, 0.29) is 11.4 Å². The Morgan fingerprint density at radius 1 is 1.50 bits per heavy atom. The van der Waals surface area contributed by atoms with Crippen LogP contribution in [0.5, 0.6) is 0 Å². The van der Waals surface area contributed by atoms with Crippen LogP contribution in [-0.2, 0) is 11.2 Å². The molecule has 88 valence electrons. The number of alkyl halides is 1. The van der Waals surface area contributed by atoms with Crippen LogP contribution in [0.3, 0.4) is 0 Å². The fraction of sp³-hybridized carbons (Fsp3) is 0.583. The SMILES string of the molecule is O=C(Cc1ccsc1)NC1(CCl)CCCC1. The van der Waals surface area contributed by atoms with E-state index >= 15 is 0 Å². The number of halogens is 1. The first-order chi connectivity index (χ1) is 7.74. The van der Waals surface area contributed by atoms with Crippen molar-refractivity contribution in [2.75, 3.05) is 5.88 Å². The normalized spacial score (nSPS) is 18.6. The highest BCUT2D eigenvalue weighted by Crippen LogP contribution is 2.30. The second-order valence-electron chi connectivity index (χ2n) is 4.48. The maximum absolute atomic E-state index is 11.9. The molecule has 1 saturated carbocycles. The lowest BCUT2D eigenvalue weighted by molar-refractivity contribution is -0.122. The molecule has 1 heterocycles. The van der Waals surface area contributed by atoms with Crippen molar-refractivity contribution >= 4 is 28.8 Å². The third-order valence-corrected chi connectivity index (χ3v) is 4.41. The minimum absolute atomic E-state index is 0.0981. The molecule has 16 heavy (non-hydrogen) atoms. The number of hydrogen-bond donors (Lipinski definition) is 1. The Bertz CT molecular complexity index is 344. The van der Waals surface area contributed by atoms with Crippen LogP contribution in [0.25, 0.3) is 0 Å². The van der Waals surface area contributed by atoms with Crippen LogP contribution in [0.1, 0.15) is 31.2 Å². The molecule has 1 aliphatic rings. The van der Waals surface area contributed by atoms with Crippen molar-refractivity contribution < 1.29 is 4.79 Å². The van der Waals surface area contributed by atoms with Gasteiger partial charge in [0.1, 0.15) is 0 Å². The van der Waals surface area contributed by atoms with Gasteiger partial charge in [0, 0.05) is 5.88 Å². The first kappa shape index (κ1) is 11.9. The molecule has 1 amide bonds. The van der Waals surface area contributed by atoms with E-state index in [0.717, 1.165) is 18.4 Å². The van der Waals surface area contributed by atoms with E-state index in [2.05, 4.69) is 5.32 Å². The summed E-state index contributed by atoms with van der Waals surface area (Å²) in [7, 11) is 0. The summed E-state index contributed by atoms with van der Waals surface area (Å²) in [5.41, 5.74) is 0.958. The molecule has 0 saturated heterocycles. The molecular formula is C12H16ClNOS. The van der Waals surface area contributed by atoms with Crippen molar-refractivity contribution in [3.05, 3.63) is 22.4 Å². The summed E-state index contributed by atoms with van der Waals surface area (Å²) >= 11 is 7.60. The Hall–Kier alpha value is -0.540. The predicted octanol–water partition coefficient (Wildman–Crippen LogP) is 2.96. The number of carbonyl (C=O) groups excluding carboxylic acids is 1. The Morgan fingerprint density at radius 3 is 2.81 bits per heavy atom. The fourth-order valence-corrected chi connectivity index (χ4v) is 3.27. The highest BCUT2D eigenvalue weighted by molar-refractivity contribution is 7.07. The van der Waals surface area contributed by atoms with Crippen molar-refractivity contribution in [1.29, 1.82) is 0 Å². The highest BCUT2D eigenvalue weighted by atomic mass is 35.5. The lowest BCUT2D eigenvalue weighted by Gasteiger charge is -2.27. The van der Waals surface area contributed by atoms with Gasteiger partial charge in [0.25, 0.3) is 0 Å². The monoisotopic (exact) mass is 257 g/mol. The smallest absolute Gasteiger partial charge is 0.224 e. The van der Waals surface area contributed by atoms with Gasteiger partial charge in [-0.3, -0.25) is 4.79 Å². The number of thiophene rings is 1. The molecule has 0 bridgehead atoms. The van der Waals surface area contributed by atoms with Gasteiger partial charge in [0.15, 0.2) is 0 Å². The topological polar surface area (TPSA) is 29.1 Å². The van der Waals surface area contributed by atoms with Gasteiger partial charge in [-0.05, 0) is 35.2 Å². The van der Waals surface area contributed by atoms with Gasteiger partial charge in [-0.25, -0.2) is 0 Å². The minimum atomic E-state index is -0.130. The van der Waals surface area contributed by atoms with Crippen molar-refractivity contribution in [3.63, 3.8) is 0 Å². The molecular weight excluding hydrogens is 242 g/mol. The Labute approximate surface area is 105 Å². The van der Waals surface area contributed by atoms with E-state index in [4.69, 9.17) is 11.6 Å². The molecule has 1 fully saturated rings. The van der Waals surface area contributed by atoms with Gasteiger partial charge in [-0.2, -0.15) is 11.3 Å². The molecule has 0 spiro atoms. The van der Waals surface area contributed by atoms with Crippen LogP contribution < -0.4 is 5.32 Å². The summed E-state index contributed by atoms with van der Waals surface area (Å²) in [5, 5.41) is 7.13. The van der Waals surface area contributed by atoms with Crippen LogP contribution in [0.2, 0.25) is 0 Å². The van der Waals surface area contributed by atoms with Crippen molar-refractivity contribution in [2.24, 2.45) is 0 Å². The second kappa shape index (κ2) is 5.19. The Kier molecular flexibility index (Phi) is 3.87. The zero-order chi connectivity index (χ0) is 11.4. The number of hydrogen-bond acceptors (Lipinski definition) is 2. The summed E-state index contributed by atoms with van der Waals surface area (Å²) in [5.74, 6) is 0.628. The largest absolute Gasteiger partial charge is 0.349 e. The van der Waals surface area contributed by atoms with E-state index in [1.807, 2.05) is 16.8 Å². The lowest BCUT2D eigenvalue weighted by atomic mass is 10.00. The van der Waals surface area contributed by atoms with Gasteiger partial charge in [0.05, 0.1) is 12.0 Å². The van der Waals surface area contributed by atoms with E-state index in [1.54, 1.807) is 11.3 Å². The number of nitrogens with one attached hydrogen (secondary N) is 1. The quantitative estimate of drug-likeness (QED) is 0.826. The van der Waals surface area contributed by atoms with E-state index in [9.17, 15) is 4.79 Å². The molecule has 1 aromatic rings. The van der Waals surface area contributed by atoms with E-state index < -0.39 is 0 Å². The average Bonchev–Trinajstić information content (AvgIpc) is 2.90. The molecule has 1 N–H and O–H groups in total. The van der Waals surface area contributed by atoms with E-state index in [1.165, 1.54) is 12.8 Å². The number of carbonyl (C=O) groups is 1. The van der Waals surface area contributed by atoms with Gasteiger partial charge in [-0.1, -0.05) is 12.8 Å². The second-order valence-corrected chi connectivity index (χ2v) is 5.52. The maximum Gasteiger partial charge on any atom is 0.224 e. The van der Waals surface area contributed by atoms with Gasteiger partial charge in [0.2, 0.25) is 5.91 Å². The average molecular weight is 258 g/mol. The summed E-state index contributed by atoms with van der Waals surface area (Å²) in [6, 6.07) is 1.99. The lowest BCUT2D eigenvalue weighted by Crippen LogP contribution is -2.48. The molecule has 4 heteroatoms. The summed E-state index contributed by atoms with van der Waals surface area (Å²) < 4.78 is 0. The third-order valence-electron chi connectivity index (χ3n) is 3.17. The van der Waals surface area contributed by atoms with Crippen molar-refractivity contribution in [3.8, 4) is 0 Å². The third kappa shape index (κ3) is 2.77. The van der Waals surface area contributed by atoms with Crippen LogP contribution in [0.15, 0.2) is 16.8 Å². The summed E-state index contributed by atoms with van der Waals surface area (Å²) in [6.07, 6.45) is 4.86. The molecule has 2 nitrogen and oxygen atoms in total. The van der Waals surface area contributed by atoms with Gasteiger partial charge >= 0.3 is 0 Å². The molecule has 0 radical (unpaired) electrons. The standard InChI is InChI=1S/C12H16ClNOS/c13-9-12(4-1-2-5-12)14-11(15)7-10-3-6-16-8-10/h3,6,8H,1-2,4-5,7,9H2,(H,14,15). The summed E-state index contributed by atoms with van der Waals surface area (Å²) in [4.78, 5) is 11.9. The zero-order valence-electron chi connectivity index (χ0n) is 9.17. The molecule has 0 unspecified atom stereocenters.